The molecular weight excluding hydrogens is 215 g/mol. The van der Waals surface area contributed by atoms with Gasteiger partial charge in [0, 0.05) is 7.11 Å². The fraction of sp³-hybridized carbons (Fsp3) is 0.364. The van der Waals surface area contributed by atoms with Gasteiger partial charge in [0.05, 0.1) is 6.61 Å². The van der Waals surface area contributed by atoms with Gasteiger partial charge in [-0.05, 0) is 5.56 Å². The first-order valence-corrected chi connectivity index (χ1v) is 4.66. The molecule has 16 heavy (non-hydrogen) atoms. The molecule has 0 saturated carbocycles. The standard InChI is InChI=1S/C11H13FO4/c1-16-7-11(15,9(12)10(13)14)8-5-3-2-4-6-8/h2-6,9,15H,7H2,1H3,(H,13,14). The average Bonchev–Trinajstić information content (AvgIpc) is 2.29. The van der Waals surface area contributed by atoms with Gasteiger partial charge in [0.15, 0.2) is 5.60 Å². The van der Waals surface area contributed by atoms with Gasteiger partial charge in [-0.15, -0.1) is 0 Å². The maximum absolute atomic E-state index is 13.5. The summed E-state index contributed by atoms with van der Waals surface area (Å²) in [6, 6.07) is 7.77. The fourth-order valence-corrected chi connectivity index (χ4v) is 1.45. The lowest BCUT2D eigenvalue weighted by Gasteiger charge is -2.28. The van der Waals surface area contributed by atoms with Gasteiger partial charge in [-0.25, -0.2) is 9.18 Å². The van der Waals surface area contributed by atoms with E-state index in [4.69, 9.17) is 5.11 Å². The van der Waals surface area contributed by atoms with Gasteiger partial charge in [0.1, 0.15) is 0 Å². The third-order valence-electron chi connectivity index (χ3n) is 2.27. The van der Waals surface area contributed by atoms with Gasteiger partial charge in [0.25, 0.3) is 0 Å². The highest BCUT2D eigenvalue weighted by Gasteiger charge is 2.43. The summed E-state index contributed by atoms with van der Waals surface area (Å²) in [5.41, 5.74) is -1.99. The van der Waals surface area contributed by atoms with Crippen molar-refractivity contribution in [1.82, 2.24) is 0 Å². The van der Waals surface area contributed by atoms with Crippen molar-refractivity contribution in [3.63, 3.8) is 0 Å². The third kappa shape index (κ3) is 2.37. The van der Waals surface area contributed by atoms with Crippen LogP contribution in [-0.4, -0.2) is 36.1 Å². The number of methoxy groups -OCH3 is 1. The minimum absolute atomic E-state index is 0.173. The highest BCUT2D eigenvalue weighted by Crippen LogP contribution is 2.27. The van der Waals surface area contributed by atoms with E-state index in [1.54, 1.807) is 18.2 Å². The maximum atomic E-state index is 13.5. The maximum Gasteiger partial charge on any atom is 0.341 e. The molecule has 1 aromatic rings. The molecule has 0 fully saturated rings. The summed E-state index contributed by atoms with van der Waals surface area (Å²) in [6.07, 6.45) is -2.44. The van der Waals surface area contributed by atoms with E-state index in [2.05, 4.69) is 4.74 Å². The van der Waals surface area contributed by atoms with E-state index in [0.717, 1.165) is 0 Å². The number of carbonyl (C=O) groups is 1. The number of hydrogen-bond donors (Lipinski definition) is 2. The molecule has 0 heterocycles. The molecule has 0 bridgehead atoms. The largest absolute Gasteiger partial charge is 0.479 e. The van der Waals surface area contributed by atoms with E-state index in [-0.39, 0.29) is 5.56 Å². The van der Waals surface area contributed by atoms with Crippen molar-refractivity contribution in [1.29, 1.82) is 0 Å². The zero-order chi connectivity index (χ0) is 12.2. The van der Waals surface area contributed by atoms with Crippen molar-refractivity contribution in [3.05, 3.63) is 35.9 Å². The molecule has 0 aromatic heterocycles. The minimum Gasteiger partial charge on any atom is -0.479 e. The number of hydrogen-bond acceptors (Lipinski definition) is 3. The van der Waals surface area contributed by atoms with Gasteiger partial charge in [-0.1, -0.05) is 30.3 Å². The topological polar surface area (TPSA) is 66.8 Å². The molecule has 1 rings (SSSR count). The second-order valence-electron chi connectivity index (χ2n) is 3.42. The zero-order valence-corrected chi connectivity index (χ0v) is 8.76. The average molecular weight is 228 g/mol. The Bertz CT molecular complexity index is 354. The lowest BCUT2D eigenvalue weighted by Crippen LogP contribution is -2.45. The number of alkyl halides is 1. The summed E-state index contributed by atoms with van der Waals surface area (Å²) in [6.45, 7) is -0.426. The fourth-order valence-electron chi connectivity index (χ4n) is 1.45. The lowest BCUT2D eigenvalue weighted by atomic mass is 9.90. The quantitative estimate of drug-likeness (QED) is 0.787. The van der Waals surface area contributed by atoms with Gasteiger partial charge < -0.3 is 14.9 Å². The first-order valence-electron chi connectivity index (χ1n) is 4.66. The van der Waals surface area contributed by atoms with E-state index in [1.807, 2.05) is 0 Å². The van der Waals surface area contributed by atoms with Crippen molar-refractivity contribution in [2.24, 2.45) is 0 Å². The molecule has 0 amide bonds. The van der Waals surface area contributed by atoms with Crippen LogP contribution in [0, 0.1) is 0 Å². The molecular formula is C11H13FO4. The van der Waals surface area contributed by atoms with Crippen LogP contribution in [0.5, 0.6) is 0 Å². The van der Waals surface area contributed by atoms with Gasteiger partial charge in [-0.2, -0.15) is 0 Å². The molecule has 88 valence electrons. The van der Waals surface area contributed by atoms with Crippen LogP contribution in [0.4, 0.5) is 4.39 Å². The Morgan fingerprint density at radius 3 is 2.50 bits per heavy atom. The number of ether oxygens (including phenoxy) is 1. The third-order valence-corrected chi connectivity index (χ3v) is 2.27. The Balaban J connectivity index is 3.11. The molecule has 1 aromatic carbocycles. The molecule has 0 radical (unpaired) electrons. The molecule has 2 atom stereocenters. The molecule has 0 aliphatic heterocycles. The first kappa shape index (κ1) is 12.6. The van der Waals surface area contributed by atoms with Crippen LogP contribution in [0.15, 0.2) is 30.3 Å². The summed E-state index contributed by atoms with van der Waals surface area (Å²) in [5.74, 6) is -1.72. The van der Waals surface area contributed by atoms with Crippen LogP contribution >= 0.6 is 0 Å². The summed E-state index contributed by atoms with van der Waals surface area (Å²) >= 11 is 0. The van der Waals surface area contributed by atoms with Crippen molar-refractivity contribution in [2.75, 3.05) is 13.7 Å². The van der Waals surface area contributed by atoms with Crippen LogP contribution in [0.3, 0.4) is 0 Å². The number of halogens is 1. The van der Waals surface area contributed by atoms with E-state index in [9.17, 15) is 14.3 Å². The van der Waals surface area contributed by atoms with Crippen molar-refractivity contribution < 1.29 is 24.1 Å². The Hall–Kier alpha value is -1.46. The Morgan fingerprint density at radius 2 is 2.06 bits per heavy atom. The second-order valence-corrected chi connectivity index (χ2v) is 3.42. The van der Waals surface area contributed by atoms with Crippen LogP contribution in [-0.2, 0) is 15.1 Å². The second kappa shape index (κ2) is 5.05. The van der Waals surface area contributed by atoms with E-state index < -0.39 is 24.3 Å². The minimum atomic E-state index is -2.44. The van der Waals surface area contributed by atoms with E-state index in [0.29, 0.717) is 0 Å². The van der Waals surface area contributed by atoms with Crippen LogP contribution < -0.4 is 0 Å². The Labute approximate surface area is 92.3 Å². The van der Waals surface area contributed by atoms with Crippen LogP contribution in [0.2, 0.25) is 0 Å². The summed E-state index contributed by atoms with van der Waals surface area (Å²) in [7, 11) is 1.27. The predicted octanol–water partition coefficient (Wildman–Crippen LogP) is 0.943. The molecule has 0 aliphatic rings. The van der Waals surface area contributed by atoms with Crippen LogP contribution in [0.1, 0.15) is 5.56 Å². The molecule has 2 unspecified atom stereocenters. The molecule has 0 spiro atoms. The normalized spacial score (nSPS) is 16.4. The predicted molar refractivity (Wildman–Crippen MR) is 54.7 cm³/mol. The number of rotatable bonds is 5. The van der Waals surface area contributed by atoms with E-state index >= 15 is 0 Å². The highest BCUT2D eigenvalue weighted by atomic mass is 19.1. The number of carboxylic acid groups (broad SMARTS) is 1. The Morgan fingerprint density at radius 1 is 1.50 bits per heavy atom. The van der Waals surface area contributed by atoms with E-state index in [1.165, 1.54) is 19.2 Å². The van der Waals surface area contributed by atoms with Crippen molar-refractivity contribution >= 4 is 5.97 Å². The molecule has 0 aliphatic carbocycles. The SMILES string of the molecule is COCC(O)(c1ccccc1)C(F)C(=O)O. The monoisotopic (exact) mass is 228 g/mol. The first-order chi connectivity index (χ1) is 7.52. The Kier molecular flexibility index (Phi) is 3.98. The van der Waals surface area contributed by atoms with Gasteiger partial charge >= 0.3 is 5.97 Å². The summed E-state index contributed by atoms with van der Waals surface area (Å²) in [5, 5.41) is 18.7. The smallest absolute Gasteiger partial charge is 0.341 e. The lowest BCUT2D eigenvalue weighted by molar-refractivity contribution is -0.161. The number of aliphatic hydroxyl groups is 1. The summed E-state index contributed by atoms with van der Waals surface area (Å²) < 4.78 is 18.2. The highest BCUT2D eigenvalue weighted by molar-refractivity contribution is 5.74. The molecule has 4 nitrogen and oxygen atoms in total. The zero-order valence-electron chi connectivity index (χ0n) is 8.76. The molecule has 2 N–H and O–H groups in total. The number of carboxylic acids is 1. The number of aliphatic carboxylic acids is 1. The molecule has 0 saturated heterocycles. The summed E-state index contributed by atoms with van der Waals surface area (Å²) in [4.78, 5) is 10.6. The van der Waals surface area contributed by atoms with Gasteiger partial charge in [0.2, 0.25) is 6.17 Å². The number of benzene rings is 1. The van der Waals surface area contributed by atoms with Crippen molar-refractivity contribution in [2.45, 2.75) is 11.8 Å². The molecule has 5 heteroatoms. The van der Waals surface area contributed by atoms with Gasteiger partial charge in [-0.3, -0.25) is 0 Å². The van der Waals surface area contributed by atoms with Crippen molar-refractivity contribution in [3.8, 4) is 0 Å². The van der Waals surface area contributed by atoms with Crippen LogP contribution in [0.25, 0.3) is 0 Å².